The van der Waals surface area contributed by atoms with Crippen LogP contribution in [0, 0.1) is 5.82 Å². The second-order valence-corrected chi connectivity index (χ2v) is 5.33. The summed E-state index contributed by atoms with van der Waals surface area (Å²) < 4.78 is 18.6. The lowest BCUT2D eigenvalue weighted by atomic mass is 10.1. The van der Waals surface area contributed by atoms with Crippen LogP contribution >= 0.6 is 24.0 Å². The molecular weight excluding hydrogens is 432 g/mol. The molecule has 0 saturated heterocycles. The highest BCUT2D eigenvalue weighted by Crippen LogP contribution is 2.18. The Morgan fingerprint density at radius 1 is 1.08 bits per heavy atom. The van der Waals surface area contributed by atoms with Gasteiger partial charge in [0.15, 0.2) is 17.5 Å². The molecule has 0 fully saturated rings. The lowest BCUT2D eigenvalue weighted by molar-refractivity contribution is 0.386. The molecule has 0 aliphatic rings. The minimum atomic E-state index is -0.368. The highest BCUT2D eigenvalue weighted by Gasteiger charge is 2.04. The molecule has 136 valence electrons. The summed E-state index contributed by atoms with van der Waals surface area (Å²) in [6.45, 7) is 3.98. The topological polar surface area (TPSA) is 45.7 Å². The van der Waals surface area contributed by atoms with Crippen molar-refractivity contribution in [2.45, 2.75) is 19.9 Å². The fourth-order valence-corrected chi connectivity index (χ4v) is 2.29. The van der Waals surface area contributed by atoms with E-state index in [-0.39, 0.29) is 35.5 Å². The maximum atomic E-state index is 13.7. The number of rotatable bonds is 7. The van der Waals surface area contributed by atoms with Crippen molar-refractivity contribution in [3.05, 3.63) is 65.5 Å². The molecule has 0 amide bonds. The molecule has 25 heavy (non-hydrogen) atoms. The number of hydrogen-bond acceptors (Lipinski definition) is 2. The summed E-state index contributed by atoms with van der Waals surface area (Å²) in [5.74, 6) is 0.604. The first-order valence-electron chi connectivity index (χ1n) is 8.11. The Labute approximate surface area is 165 Å². The van der Waals surface area contributed by atoms with E-state index in [4.69, 9.17) is 4.74 Å². The Balaban J connectivity index is 0.00000312. The molecule has 0 heterocycles. The third kappa shape index (κ3) is 7.29. The van der Waals surface area contributed by atoms with Crippen LogP contribution in [0.3, 0.4) is 0 Å². The fraction of sp³-hybridized carbons (Fsp3) is 0.316. The molecule has 0 saturated carbocycles. The summed E-state index contributed by atoms with van der Waals surface area (Å²) in [4.78, 5) is 4.50. The molecule has 0 spiro atoms. The zero-order valence-electron chi connectivity index (χ0n) is 14.6. The van der Waals surface area contributed by atoms with Gasteiger partial charge in [-0.1, -0.05) is 36.4 Å². The molecule has 2 aromatic rings. The molecular formula is C19H25FIN3O. The van der Waals surface area contributed by atoms with Gasteiger partial charge in [-0.05, 0) is 36.6 Å². The molecule has 0 aliphatic heterocycles. The summed E-state index contributed by atoms with van der Waals surface area (Å²) in [6.07, 6.45) is 0.919. The highest BCUT2D eigenvalue weighted by atomic mass is 127. The number of hydrogen-bond donors (Lipinski definition) is 2. The van der Waals surface area contributed by atoms with Crippen LogP contribution in [0.25, 0.3) is 0 Å². The zero-order valence-corrected chi connectivity index (χ0v) is 16.9. The third-order valence-corrected chi connectivity index (χ3v) is 3.53. The lowest BCUT2D eigenvalue weighted by Gasteiger charge is -2.11. The van der Waals surface area contributed by atoms with E-state index in [1.807, 2.05) is 31.2 Å². The minimum Gasteiger partial charge on any atom is -0.494 e. The predicted octanol–water partition coefficient (Wildman–Crippen LogP) is 3.75. The Kier molecular flexibility index (Phi) is 9.91. The van der Waals surface area contributed by atoms with Gasteiger partial charge in [-0.2, -0.15) is 0 Å². The average Bonchev–Trinajstić information content (AvgIpc) is 2.60. The maximum Gasteiger partial charge on any atom is 0.191 e. The highest BCUT2D eigenvalue weighted by molar-refractivity contribution is 14.0. The summed E-state index contributed by atoms with van der Waals surface area (Å²) in [5.41, 5.74) is 2.08. The van der Waals surface area contributed by atoms with Crippen LogP contribution in [0.4, 0.5) is 4.39 Å². The summed E-state index contributed by atoms with van der Waals surface area (Å²) in [7, 11) is 1.45. The van der Waals surface area contributed by atoms with Crippen LogP contribution < -0.4 is 15.4 Å². The van der Waals surface area contributed by atoms with Crippen molar-refractivity contribution in [2.75, 3.05) is 20.2 Å². The normalized spacial score (nSPS) is 10.8. The molecule has 0 bridgehead atoms. The molecule has 0 radical (unpaired) electrons. The maximum absolute atomic E-state index is 13.7. The van der Waals surface area contributed by atoms with Gasteiger partial charge in [0.25, 0.3) is 0 Å². The standard InChI is InChI=1S/C19H24FN3O.HI/c1-3-21-19(22-12-11-15-7-5-4-6-8-15)23-14-16-9-10-18(24-2)17(20)13-16;/h4-10,13H,3,11-12,14H2,1-2H3,(H2,21,22,23);1H. The van der Waals surface area contributed by atoms with Gasteiger partial charge in [0.1, 0.15) is 0 Å². The molecule has 0 atom stereocenters. The summed E-state index contributed by atoms with van der Waals surface area (Å²) in [5, 5.41) is 6.49. The van der Waals surface area contributed by atoms with E-state index in [1.165, 1.54) is 18.7 Å². The Bertz CT molecular complexity index is 665. The van der Waals surface area contributed by atoms with Crippen molar-refractivity contribution in [3.63, 3.8) is 0 Å². The summed E-state index contributed by atoms with van der Waals surface area (Å²) >= 11 is 0. The predicted molar refractivity (Wildman–Crippen MR) is 111 cm³/mol. The van der Waals surface area contributed by atoms with Gasteiger partial charge in [0, 0.05) is 13.1 Å². The molecule has 2 aromatic carbocycles. The molecule has 4 nitrogen and oxygen atoms in total. The molecule has 2 rings (SSSR count). The number of aliphatic imine (C=N–C) groups is 1. The van der Waals surface area contributed by atoms with Gasteiger partial charge >= 0.3 is 0 Å². The van der Waals surface area contributed by atoms with Crippen molar-refractivity contribution in [1.29, 1.82) is 0 Å². The first-order valence-corrected chi connectivity index (χ1v) is 8.11. The van der Waals surface area contributed by atoms with E-state index in [9.17, 15) is 4.39 Å². The Hall–Kier alpha value is -1.83. The second-order valence-electron chi connectivity index (χ2n) is 5.33. The van der Waals surface area contributed by atoms with Gasteiger partial charge in [-0.3, -0.25) is 0 Å². The quantitative estimate of drug-likeness (QED) is 0.378. The van der Waals surface area contributed by atoms with Gasteiger partial charge in [-0.15, -0.1) is 24.0 Å². The molecule has 0 aliphatic carbocycles. The first-order chi connectivity index (χ1) is 11.7. The third-order valence-electron chi connectivity index (χ3n) is 3.53. The van der Waals surface area contributed by atoms with Crippen LogP contribution in [0.2, 0.25) is 0 Å². The number of benzene rings is 2. The van der Waals surface area contributed by atoms with E-state index in [0.717, 1.165) is 31.0 Å². The number of nitrogens with one attached hydrogen (secondary N) is 2. The van der Waals surface area contributed by atoms with E-state index >= 15 is 0 Å². The van der Waals surface area contributed by atoms with Crippen LogP contribution in [0.1, 0.15) is 18.1 Å². The molecule has 2 N–H and O–H groups in total. The molecule has 0 unspecified atom stereocenters. The van der Waals surface area contributed by atoms with Gasteiger partial charge in [0.2, 0.25) is 0 Å². The zero-order chi connectivity index (χ0) is 17.2. The number of methoxy groups -OCH3 is 1. The number of guanidine groups is 1. The number of nitrogens with zero attached hydrogens (tertiary/aromatic N) is 1. The van der Waals surface area contributed by atoms with Gasteiger partial charge in [-0.25, -0.2) is 9.38 Å². The van der Waals surface area contributed by atoms with Crippen LogP contribution in [-0.4, -0.2) is 26.2 Å². The lowest BCUT2D eigenvalue weighted by Crippen LogP contribution is -2.38. The SMILES string of the molecule is CCNC(=NCc1ccc(OC)c(F)c1)NCCc1ccccc1.I. The van der Waals surface area contributed by atoms with Crippen molar-refractivity contribution < 1.29 is 9.13 Å². The minimum absolute atomic E-state index is 0. The molecule has 6 heteroatoms. The fourth-order valence-electron chi connectivity index (χ4n) is 2.29. The second kappa shape index (κ2) is 11.7. The van der Waals surface area contributed by atoms with Crippen LogP contribution in [0.5, 0.6) is 5.75 Å². The van der Waals surface area contributed by atoms with Crippen molar-refractivity contribution >= 4 is 29.9 Å². The molecule has 0 aromatic heterocycles. The van der Waals surface area contributed by atoms with Gasteiger partial charge in [0.05, 0.1) is 13.7 Å². The largest absolute Gasteiger partial charge is 0.494 e. The Morgan fingerprint density at radius 2 is 1.84 bits per heavy atom. The summed E-state index contributed by atoms with van der Waals surface area (Å²) in [6, 6.07) is 15.2. The Morgan fingerprint density at radius 3 is 2.48 bits per heavy atom. The van der Waals surface area contributed by atoms with Crippen LogP contribution in [0.15, 0.2) is 53.5 Å². The average molecular weight is 457 g/mol. The number of halogens is 2. The van der Waals surface area contributed by atoms with Crippen molar-refractivity contribution in [3.8, 4) is 5.75 Å². The van der Waals surface area contributed by atoms with E-state index in [2.05, 4.69) is 27.8 Å². The van der Waals surface area contributed by atoms with E-state index < -0.39 is 0 Å². The van der Waals surface area contributed by atoms with Crippen molar-refractivity contribution in [2.24, 2.45) is 4.99 Å². The monoisotopic (exact) mass is 457 g/mol. The first kappa shape index (κ1) is 21.2. The van der Waals surface area contributed by atoms with E-state index in [1.54, 1.807) is 6.07 Å². The smallest absolute Gasteiger partial charge is 0.191 e. The number of ether oxygens (including phenoxy) is 1. The van der Waals surface area contributed by atoms with Crippen LogP contribution in [-0.2, 0) is 13.0 Å². The van der Waals surface area contributed by atoms with E-state index in [0.29, 0.717) is 6.54 Å². The van der Waals surface area contributed by atoms with Crippen molar-refractivity contribution in [1.82, 2.24) is 10.6 Å². The van der Waals surface area contributed by atoms with Gasteiger partial charge < -0.3 is 15.4 Å².